The Labute approximate surface area is 115 Å². The van der Waals surface area contributed by atoms with Gasteiger partial charge in [0.05, 0.1) is 12.0 Å². The molecule has 1 aliphatic rings. The van der Waals surface area contributed by atoms with Crippen LogP contribution in [0.15, 0.2) is 18.2 Å². The van der Waals surface area contributed by atoms with Crippen LogP contribution in [0.2, 0.25) is 0 Å². The number of carboxylic acids is 1. The topological polar surface area (TPSA) is 40.5 Å². The standard InChI is InChI=1S/C14H16F3NO2/c1-8(2)18-7-9(5-13(19)20)11-6-10(14(15,16)17)3-4-12(11)18/h3-4,6,8-9H,5,7H2,1-2H3,(H,19,20). The molecule has 0 bridgehead atoms. The zero-order valence-corrected chi connectivity index (χ0v) is 11.2. The maximum absolute atomic E-state index is 12.8. The molecule has 6 heteroatoms. The van der Waals surface area contributed by atoms with Gasteiger partial charge in [-0.1, -0.05) is 0 Å². The molecule has 1 atom stereocenters. The number of anilines is 1. The lowest BCUT2D eigenvalue weighted by atomic mass is 9.96. The fraction of sp³-hybridized carbons (Fsp3) is 0.500. The van der Waals surface area contributed by atoms with Crippen LogP contribution in [0.5, 0.6) is 0 Å². The summed E-state index contributed by atoms with van der Waals surface area (Å²) in [5.74, 6) is -1.39. The number of rotatable bonds is 3. The van der Waals surface area contributed by atoms with Crippen LogP contribution in [0.25, 0.3) is 0 Å². The van der Waals surface area contributed by atoms with E-state index in [1.165, 1.54) is 6.07 Å². The van der Waals surface area contributed by atoms with Gasteiger partial charge in [0.2, 0.25) is 0 Å². The lowest BCUT2D eigenvalue weighted by Gasteiger charge is -2.24. The van der Waals surface area contributed by atoms with E-state index in [0.717, 1.165) is 12.1 Å². The van der Waals surface area contributed by atoms with Crippen molar-refractivity contribution in [1.29, 1.82) is 0 Å². The minimum atomic E-state index is -4.41. The van der Waals surface area contributed by atoms with Crippen LogP contribution < -0.4 is 4.90 Å². The third-order valence-corrected chi connectivity index (χ3v) is 3.57. The lowest BCUT2D eigenvalue weighted by Crippen LogP contribution is -2.29. The summed E-state index contributed by atoms with van der Waals surface area (Å²) in [7, 11) is 0. The highest BCUT2D eigenvalue weighted by molar-refractivity contribution is 5.71. The van der Waals surface area contributed by atoms with Crippen LogP contribution in [0.1, 0.15) is 37.3 Å². The number of carbonyl (C=O) groups is 1. The molecule has 1 aliphatic heterocycles. The van der Waals surface area contributed by atoms with E-state index in [1.54, 1.807) is 0 Å². The van der Waals surface area contributed by atoms with Crippen molar-refractivity contribution >= 4 is 11.7 Å². The van der Waals surface area contributed by atoms with Crippen molar-refractivity contribution in [3.63, 3.8) is 0 Å². The van der Waals surface area contributed by atoms with E-state index in [4.69, 9.17) is 5.11 Å². The fourth-order valence-corrected chi connectivity index (χ4v) is 2.63. The monoisotopic (exact) mass is 287 g/mol. The third kappa shape index (κ3) is 2.73. The van der Waals surface area contributed by atoms with Crippen LogP contribution in [-0.4, -0.2) is 23.7 Å². The van der Waals surface area contributed by atoms with E-state index in [0.29, 0.717) is 17.8 Å². The van der Waals surface area contributed by atoms with Gasteiger partial charge in [0.25, 0.3) is 0 Å². The molecule has 0 fully saturated rings. The minimum Gasteiger partial charge on any atom is -0.481 e. The Bertz CT molecular complexity index is 526. The Morgan fingerprint density at radius 3 is 2.60 bits per heavy atom. The molecule has 0 aliphatic carbocycles. The van der Waals surface area contributed by atoms with Gasteiger partial charge >= 0.3 is 12.1 Å². The Kier molecular flexibility index (Phi) is 3.67. The molecule has 20 heavy (non-hydrogen) atoms. The van der Waals surface area contributed by atoms with E-state index < -0.39 is 23.6 Å². The van der Waals surface area contributed by atoms with E-state index in [2.05, 4.69) is 0 Å². The van der Waals surface area contributed by atoms with Crippen LogP contribution in [0.3, 0.4) is 0 Å². The summed E-state index contributed by atoms with van der Waals surface area (Å²) < 4.78 is 38.3. The summed E-state index contributed by atoms with van der Waals surface area (Å²) in [5, 5.41) is 8.91. The Morgan fingerprint density at radius 2 is 2.10 bits per heavy atom. The molecule has 0 saturated carbocycles. The zero-order chi connectivity index (χ0) is 15.1. The fourth-order valence-electron chi connectivity index (χ4n) is 2.63. The van der Waals surface area contributed by atoms with Crippen molar-refractivity contribution in [1.82, 2.24) is 0 Å². The Balaban J connectivity index is 2.44. The summed E-state index contributed by atoms with van der Waals surface area (Å²) in [6.07, 6.45) is -4.56. The number of nitrogens with zero attached hydrogens (tertiary/aromatic N) is 1. The van der Waals surface area contributed by atoms with Crippen LogP contribution in [0.4, 0.5) is 18.9 Å². The van der Waals surface area contributed by atoms with Gasteiger partial charge in [-0.3, -0.25) is 4.79 Å². The number of halogens is 3. The second kappa shape index (κ2) is 5.00. The number of alkyl halides is 3. The molecule has 0 radical (unpaired) electrons. The first-order valence-corrected chi connectivity index (χ1v) is 6.39. The molecule has 2 rings (SSSR count). The van der Waals surface area contributed by atoms with E-state index in [1.807, 2.05) is 18.7 Å². The van der Waals surface area contributed by atoms with Gasteiger partial charge in [0, 0.05) is 24.2 Å². The third-order valence-electron chi connectivity index (χ3n) is 3.57. The molecular weight excluding hydrogens is 271 g/mol. The summed E-state index contributed by atoms with van der Waals surface area (Å²) in [6.45, 7) is 4.32. The van der Waals surface area contributed by atoms with Crippen LogP contribution in [-0.2, 0) is 11.0 Å². The molecule has 0 amide bonds. The van der Waals surface area contributed by atoms with Gasteiger partial charge in [0.15, 0.2) is 0 Å². The molecule has 1 aromatic rings. The maximum Gasteiger partial charge on any atom is 0.416 e. The zero-order valence-electron chi connectivity index (χ0n) is 11.2. The van der Waals surface area contributed by atoms with Crippen molar-refractivity contribution in [3.8, 4) is 0 Å². The molecule has 3 nitrogen and oxygen atoms in total. The van der Waals surface area contributed by atoms with Crippen molar-refractivity contribution in [2.75, 3.05) is 11.4 Å². The predicted molar refractivity (Wildman–Crippen MR) is 68.9 cm³/mol. The second-order valence-corrected chi connectivity index (χ2v) is 5.31. The van der Waals surface area contributed by atoms with Crippen molar-refractivity contribution in [2.45, 2.75) is 38.4 Å². The van der Waals surface area contributed by atoms with Crippen molar-refractivity contribution < 1.29 is 23.1 Å². The average molecular weight is 287 g/mol. The highest BCUT2D eigenvalue weighted by atomic mass is 19.4. The maximum atomic E-state index is 12.8. The minimum absolute atomic E-state index is 0.115. The molecule has 0 saturated heterocycles. The van der Waals surface area contributed by atoms with Gasteiger partial charge in [-0.25, -0.2) is 0 Å². The van der Waals surface area contributed by atoms with Gasteiger partial charge in [0.1, 0.15) is 0 Å². The molecule has 1 aromatic carbocycles. The molecule has 1 heterocycles. The van der Waals surface area contributed by atoms with Crippen LogP contribution in [0, 0.1) is 0 Å². The second-order valence-electron chi connectivity index (χ2n) is 5.31. The number of hydrogen-bond acceptors (Lipinski definition) is 2. The first kappa shape index (κ1) is 14.7. The predicted octanol–water partition coefficient (Wildman–Crippen LogP) is 3.49. The van der Waals surface area contributed by atoms with Crippen LogP contribution >= 0.6 is 0 Å². The Hall–Kier alpha value is -1.72. The number of benzene rings is 1. The highest BCUT2D eigenvalue weighted by Crippen LogP contribution is 2.42. The molecule has 1 unspecified atom stereocenters. The van der Waals surface area contributed by atoms with E-state index >= 15 is 0 Å². The van der Waals surface area contributed by atoms with Gasteiger partial charge in [-0.2, -0.15) is 13.2 Å². The van der Waals surface area contributed by atoms with Crippen molar-refractivity contribution in [3.05, 3.63) is 29.3 Å². The molecule has 1 N–H and O–H groups in total. The SMILES string of the molecule is CC(C)N1CC(CC(=O)O)c2cc(C(F)(F)F)ccc21. The number of carboxylic acid groups (broad SMARTS) is 1. The lowest BCUT2D eigenvalue weighted by molar-refractivity contribution is -0.138. The first-order valence-electron chi connectivity index (χ1n) is 6.39. The van der Waals surface area contributed by atoms with Gasteiger partial charge < -0.3 is 10.0 Å². The summed E-state index contributed by atoms with van der Waals surface area (Å²) in [5.41, 5.74) is 0.465. The summed E-state index contributed by atoms with van der Waals surface area (Å²) in [4.78, 5) is 12.8. The molecule has 0 aromatic heterocycles. The molecular formula is C14H16F3NO2. The molecule has 110 valence electrons. The number of fused-ring (bicyclic) bond motifs is 1. The normalized spacial score (nSPS) is 18.5. The van der Waals surface area contributed by atoms with Crippen molar-refractivity contribution in [2.24, 2.45) is 0 Å². The van der Waals surface area contributed by atoms with E-state index in [-0.39, 0.29) is 12.5 Å². The Morgan fingerprint density at radius 1 is 1.45 bits per heavy atom. The largest absolute Gasteiger partial charge is 0.481 e. The smallest absolute Gasteiger partial charge is 0.416 e. The number of hydrogen-bond donors (Lipinski definition) is 1. The van der Waals surface area contributed by atoms with Gasteiger partial charge in [-0.15, -0.1) is 0 Å². The first-order chi connectivity index (χ1) is 9.20. The number of aliphatic carboxylic acids is 1. The average Bonchev–Trinajstić information content (AvgIpc) is 2.66. The highest BCUT2D eigenvalue weighted by Gasteiger charge is 2.36. The van der Waals surface area contributed by atoms with Gasteiger partial charge in [-0.05, 0) is 37.6 Å². The molecule has 0 spiro atoms. The summed E-state index contributed by atoms with van der Waals surface area (Å²) >= 11 is 0. The quantitative estimate of drug-likeness (QED) is 0.925. The summed E-state index contributed by atoms with van der Waals surface area (Å²) in [6, 6.07) is 3.70. The van der Waals surface area contributed by atoms with E-state index in [9.17, 15) is 18.0 Å².